The van der Waals surface area contributed by atoms with Crippen molar-refractivity contribution < 1.29 is 22.6 Å². The highest BCUT2D eigenvalue weighted by Crippen LogP contribution is 2.38. The first-order valence-corrected chi connectivity index (χ1v) is 10.3. The molecule has 0 aliphatic carbocycles. The van der Waals surface area contributed by atoms with E-state index in [9.17, 15) is 13.2 Å². The summed E-state index contributed by atoms with van der Waals surface area (Å²) < 4.78 is 51.7. The molecule has 166 valence electrons. The molecule has 1 atom stereocenters. The first kappa shape index (κ1) is 23.8. The van der Waals surface area contributed by atoms with E-state index in [1.807, 2.05) is 13.8 Å². The van der Waals surface area contributed by atoms with Gasteiger partial charge < -0.3 is 14.4 Å². The van der Waals surface area contributed by atoms with Gasteiger partial charge in [0.25, 0.3) is 0 Å². The number of rotatable bonds is 11. The van der Waals surface area contributed by atoms with Crippen molar-refractivity contribution in [1.29, 1.82) is 0 Å². The summed E-state index contributed by atoms with van der Waals surface area (Å²) in [7, 11) is 1.53. The van der Waals surface area contributed by atoms with Gasteiger partial charge in [-0.3, -0.25) is 0 Å². The molecule has 5 nitrogen and oxygen atoms in total. The highest BCUT2D eigenvalue weighted by molar-refractivity contribution is 5.63. The van der Waals surface area contributed by atoms with Crippen LogP contribution < -0.4 is 14.4 Å². The van der Waals surface area contributed by atoms with Crippen LogP contribution in [0.3, 0.4) is 0 Å². The van der Waals surface area contributed by atoms with Crippen molar-refractivity contribution in [2.75, 3.05) is 18.6 Å². The standard InChI is InChI=1S/C22H30F3N3O2/c1-5-7-8-9-14-29-18-12-10-17(11-13-18)28(4)20-19(22(23,24)25)15-26-21(27-20)30-16(3)6-2/h10-13,15-16H,5-9,14H2,1-4H3. The van der Waals surface area contributed by atoms with Gasteiger partial charge in [0, 0.05) is 18.9 Å². The van der Waals surface area contributed by atoms with Gasteiger partial charge in [-0.25, -0.2) is 4.98 Å². The number of benzene rings is 1. The van der Waals surface area contributed by atoms with E-state index < -0.39 is 11.7 Å². The fourth-order valence-corrected chi connectivity index (χ4v) is 2.74. The molecule has 0 aliphatic heterocycles. The summed E-state index contributed by atoms with van der Waals surface area (Å²) in [5.74, 6) is 0.423. The molecule has 0 amide bonds. The summed E-state index contributed by atoms with van der Waals surface area (Å²) in [6.45, 7) is 6.49. The topological polar surface area (TPSA) is 47.5 Å². The Bertz CT molecular complexity index is 782. The van der Waals surface area contributed by atoms with Gasteiger partial charge in [-0.05, 0) is 44.0 Å². The molecule has 0 bridgehead atoms. The lowest BCUT2D eigenvalue weighted by atomic mass is 10.2. The van der Waals surface area contributed by atoms with Crippen molar-refractivity contribution in [3.05, 3.63) is 36.0 Å². The Balaban J connectivity index is 2.19. The molecule has 2 rings (SSSR count). The minimum Gasteiger partial charge on any atom is -0.494 e. The highest BCUT2D eigenvalue weighted by Gasteiger charge is 2.37. The van der Waals surface area contributed by atoms with Gasteiger partial charge in [-0.15, -0.1) is 0 Å². The van der Waals surface area contributed by atoms with E-state index in [1.54, 1.807) is 24.3 Å². The number of hydrogen-bond donors (Lipinski definition) is 0. The van der Waals surface area contributed by atoms with E-state index >= 15 is 0 Å². The van der Waals surface area contributed by atoms with Gasteiger partial charge >= 0.3 is 12.2 Å². The molecule has 0 saturated heterocycles. The van der Waals surface area contributed by atoms with E-state index in [2.05, 4.69) is 16.9 Å². The van der Waals surface area contributed by atoms with Crippen LogP contribution in [0.25, 0.3) is 0 Å². The number of alkyl halides is 3. The predicted molar refractivity (Wildman–Crippen MR) is 112 cm³/mol. The van der Waals surface area contributed by atoms with Crippen molar-refractivity contribution in [1.82, 2.24) is 9.97 Å². The van der Waals surface area contributed by atoms with E-state index in [0.717, 1.165) is 25.5 Å². The minimum atomic E-state index is -4.58. The van der Waals surface area contributed by atoms with Crippen LogP contribution in [-0.4, -0.2) is 29.7 Å². The van der Waals surface area contributed by atoms with Crippen molar-refractivity contribution in [2.45, 2.75) is 65.2 Å². The number of anilines is 2. The lowest BCUT2D eigenvalue weighted by Crippen LogP contribution is -2.20. The zero-order valence-corrected chi connectivity index (χ0v) is 18.0. The Kier molecular flexibility index (Phi) is 8.74. The summed E-state index contributed by atoms with van der Waals surface area (Å²) in [5.41, 5.74) is -0.371. The van der Waals surface area contributed by atoms with Gasteiger partial charge in [0.05, 0.1) is 12.7 Å². The Labute approximate surface area is 176 Å². The Morgan fingerprint density at radius 2 is 1.77 bits per heavy atom. The smallest absolute Gasteiger partial charge is 0.421 e. The molecular formula is C22H30F3N3O2. The van der Waals surface area contributed by atoms with Gasteiger partial charge in [0.15, 0.2) is 5.82 Å². The van der Waals surface area contributed by atoms with Crippen LogP contribution >= 0.6 is 0 Å². The summed E-state index contributed by atoms with van der Waals surface area (Å²) in [6, 6.07) is 6.83. The fourth-order valence-electron chi connectivity index (χ4n) is 2.74. The van der Waals surface area contributed by atoms with Crippen LogP contribution in [0.2, 0.25) is 0 Å². The molecule has 2 aromatic rings. The molecule has 0 radical (unpaired) electrons. The van der Waals surface area contributed by atoms with E-state index in [4.69, 9.17) is 9.47 Å². The molecule has 1 unspecified atom stereocenters. The van der Waals surface area contributed by atoms with Crippen LogP contribution in [0, 0.1) is 0 Å². The third-order valence-electron chi connectivity index (χ3n) is 4.74. The number of halogens is 3. The largest absolute Gasteiger partial charge is 0.494 e. The molecular weight excluding hydrogens is 395 g/mol. The summed E-state index contributed by atoms with van der Waals surface area (Å²) in [4.78, 5) is 9.16. The third-order valence-corrected chi connectivity index (χ3v) is 4.74. The second-order valence-electron chi connectivity index (χ2n) is 7.19. The summed E-state index contributed by atoms with van der Waals surface area (Å²) in [5, 5.41) is 0. The van der Waals surface area contributed by atoms with Crippen LogP contribution in [-0.2, 0) is 6.18 Å². The van der Waals surface area contributed by atoms with Crippen molar-refractivity contribution in [3.63, 3.8) is 0 Å². The average Bonchev–Trinajstić information content (AvgIpc) is 2.72. The number of unbranched alkanes of at least 4 members (excludes halogenated alkanes) is 3. The average molecular weight is 425 g/mol. The van der Waals surface area contributed by atoms with Gasteiger partial charge in [0.1, 0.15) is 11.3 Å². The van der Waals surface area contributed by atoms with Crippen molar-refractivity contribution >= 4 is 11.5 Å². The summed E-state index contributed by atoms with van der Waals surface area (Å²) >= 11 is 0. The second-order valence-corrected chi connectivity index (χ2v) is 7.19. The Hall–Kier alpha value is -2.51. The number of aromatic nitrogens is 2. The van der Waals surface area contributed by atoms with Gasteiger partial charge in [-0.2, -0.15) is 18.2 Å². The molecule has 0 N–H and O–H groups in total. The number of ether oxygens (including phenoxy) is 2. The maximum atomic E-state index is 13.5. The molecule has 1 aromatic heterocycles. The maximum absolute atomic E-state index is 13.5. The molecule has 1 aromatic carbocycles. The van der Waals surface area contributed by atoms with Crippen LogP contribution in [0.5, 0.6) is 11.8 Å². The molecule has 0 spiro atoms. The quantitative estimate of drug-likeness (QED) is 0.390. The SMILES string of the molecule is CCCCCCOc1ccc(N(C)c2nc(OC(C)CC)ncc2C(F)(F)F)cc1. The molecule has 0 fully saturated rings. The summed E-state index contributed by atoms with van der Waals surface area (Å²) in [6.07, 6.45) is 1.11. The van der Waals surface area contributed by atoms with Gasteiger partial charge in [-0.1, -0.05) is 33.1 Å². The van der Waals surface area contributed by atoms with Crippen LogP contribution in [0.15, 0.2) is 30.5 Å². The molecule has 0 aliphatic rings. The Morgan fingerprint density at radius 1 is 1.07 bits per heavy atom. The number of hydrogen-bond acceptors (Lipinski definition) is 5. The minimum absolute atomic E-state index is 0.0776. The van der Waals surface area contributed by atoms with Crippen LogP contribution in [0.1, 0.15) is 58.4 Å². The predicted octanol–water partition coefficient (Wildman–Crippen LogP) is 6.40. The van der Waals surface area contributed by atoms with Crippen molar-refractivity contribution in [2.24, 2.45) is 0 Å². The zero-order chi connectivity index (χ0) is 22.1. The Morgan fingerprint density at radius 3 is 2.37 bits per heavy atom. The maximum Gasteiger partial charge on any atom is 0.421 e. The van der Waals surface area contributed by atoms with E-state index in [0.29, 0.717) is 24.5 Å². The molecule has 8 heteroatoms. The fraction of sp³-hybridized carbons (Fsp3) is 0.545. The molecule has 30 heavy (non-hydrogen) atoms. The number of nitrogens with zero attached hydrogens (tertiary/aromatic N) is 3. The lowest BCUT2D eigenvalue weighted by Gasteiger charge is -2.23. The first-order valence-electron chi connectivity index (χ1n) is 10.3. The van der Waals surface area contributed by atoms with Crippen LogP contribution in [0.4, 0.5) is 24.7 Å². The molecule has 0 saturated carbocycles. The lowest BCUT2D eigenvalue weighted by molar-refractivity contribution is -0.137. The molecule has 1 heterocycles. The first-order chi connectivity index (χ1) is 14.3. The second kappa shape index (κ2) is 11.0. The van der Waals surface area contributed by atoms with E-state index in [1.165, 1.54) is 18.4 Å². The monoisotopic (exact) mass is 425 g/mol. The normalized spacial score (nSPS) is 12.5. The zero-order valence-electron chi connectivity index (χ0n) is 18.0. The highest BCUT2D eigenvalue weighted by atomic mass is 19.4. The van der Waals surface area contributed by atoms with Gasteiger partial charge in [0.2, 0.25) is 0 Å². The van der Waals surface area contributed by atoms with Crippen molar-refractivity contribution in [3.8, 4) is 11.8 Å². The third kappa shape index (κ3) is 6.78. The van der Waals surface area contributed by atoms with E-state index in [-0.39, 0.29) is 17.9 Å².